The molecule has 1 atom stereocenters. The molecule has 6 heteroatoms. The summed E-state index contributed by atoms with van der Waals surface area (Å²) in [4.78, 5) is 7.59. The quantitative estimate of drug-likeness (QED) is 0.877. The molecule has 3 rings (SSSR count). The highest BCUT2D eigenvalue weighted by Crippen LogP contribution is 2.23. The fourth-order valence-corrected chi connectivity index (χ4v) is 2.21. The zero-order chi connectivity index (χ0) is 11.7. The van der Waals surface area contributed by atoms with Gasteiger partial charge in [0.15, 0.2) is 5.82 Å². The number of hydrogen-bond donors (Lipinski definition) is 2. The van der Waals surface area contributed by atoms with E-state index in [0.717, 1.165) is 31.0 Å². The van der Waals surface area contributed by atoms with Gasteiger partial charge in [-0.15, -0.1) is 12.4 Å². The number of halogens is 1. The summed E-state index contributed by atoms with van der Waals surface area (Å²) < 4.78 is 5.30. The van der Waals surface area contributed by atoms with Gasteiger partial charge in [-0.1, -0.05) is 5.16 Å². The van der Waals surface area contributed by atoms with Crippen molar-refractivity contribution in [3.05, 3.63) is 23.7 Å². The average molecular weight is 269 g/mol. The van der Waals surface area contributed by atoms with Crippen LogP contribution in [0.4, 0.5) is 0 Å². The normalized spacial score (nSPS) is 19.5. The number of aryl methyl sites for hydroxylation is 1. The molecule has 2 aromatic heterocycles. The van der Waals surface area contributed by atoms with Crippen LogP contribution in [0.5, 0.6) is 0 Å². The highest BCUT2D eigenvalue weighted by molar-refractivity contribution is 5.85. The van der Waals surface area contributed by atoms with E-state index in [1.54, 1.807) is 0 Å². The lowest BCUT2D eigenvalue weighted by Gasteiger charge is -2.19. The Hall–Kier alpha value is -1.33. The second-order valence-electron chi connectivity index (χ2n) is 4.59. The van der Waals surface area contributed by atoms with Gasteiger partial charge in [-0.2, -0.15) is 4.98 Å². The van der Waals surface area contributed by atoms with Crippen molar-refractivity contribution >= 4 is 12.4 Å². The first-order valence-electron chi connectivity index (χ1n) is 6.02. The largest absolute Gasteiger partial charge is 0.357 e. The van der Waals surface area contributed by atoms with E-state index in [0.29, 0.717) is 11.8 Å². The average Bonchev–Trinajstić information content (AvgIpc) is 2.98. The summed E-state index contributed by atoms with van der Waals surface area (Å²) in [5.74, 6) is 1.79. The van der Waals surface area contributed by atoms with Gasteiger partial charge in [0.1, 0.15) is 5.69 Å². The van der Waals surface area contributed by atoms with Crippen LogP contribution in [-0.4, -0.2) is 28.2 Å². The van der Waals surface area contributed by atoms with Gasteiger partial charge >= 0.3 is 0 Å². The predicted molar refractivity (Wildman–Crippen MR) is 70.9 cm³/mol. The molecule has 1 aliphatic rings. The van der Waals surface area contributed by atoms with Crippen LogP contribution >= 0.6 is 12.4 Å². The van der Waals surface area contributed by atoms with Crippen molar-refractivity contribution in [2.45, 2.75) is 25.7 Å². The van der Waals surface area contributed by atoms with E-state index in [-0.39, 0.29) is 12.4 Å². The molecule has 2 aromatic rings. The van der Waals surface area contributed by atoms with Crippen LogP contribution < -0.4 is 5.32 Å². The second-order valence-corrected chi connectivity index (χ2v) is 4.59. The van der Waals surface area contributed by atoms with Crippen molar-refractivity contribution in [1.29, 1.82) is 0 Å². The summed E-state index contributed by atoms with van der Waals surface area (Å²) in [5, 5.41) is 7.44. The maximum Gasteiger partial charge on any atom is 0.274 e. The number of nitrogens with zero attached hydrogens (tertiary/aromatic N) is 2. The van der Waals surface area contributed by atoms with Crippen LogP contribution in [0.3, 0.4) is 0 Å². The van der Waals surface area contributed by atoms with E-state index < -0.39 is 0 Å². The molecule has 0 aromatic carbocycles. The minimum absolute atomic E-state index is 0. The lowest BCUT2D eigenvalue weighted by atomic mass is 9.99. The summed E-state index contributed by atoms with van der Waals surface area (Å²) in [6.07, 6.45) is 4.24. The van der Waals surface area contributed by atoms with Crippen LogP contribution in [-0.2, 0) is 0 Å². The van der Waals surface area contributed by atoms with Crippen LogP contribution in [0.15, 0.2) is 16.8 Å². The molecule has 1 unspecified atom stereocenters. The number of aromatic amines is 1. The third-order valence-electron chi connectivity index (χ3n) is 3.16. The zero-order valence-electron chi connectivity index (χ0n) is 10.3. The van der Waals surface area contributed by atoms with E-state index in [9.17, 15) is 0 Å². The number of rotatable bonds is 2. The number of aromatic nitrogens is 3. The van der Waals surface area contributed by atoms with Gasteiger partial charge in [0.05, 0.1) is 0 Å². The molecule has 0 bridgehead atoms. The van der Waals surface area contributed by atoms with Crippen LogP contribution in [0.2, 0.25) is 0 Å². The van der Waals surface area contributed by atoms with E-state index in [2.05, 4.69) is 20.4 Å². The Balaban J connectivity index is 0.00000120. The summed E-state index contributed by atoms with van der Waals surface area (Å²) in [5.41, 5.74) is 2.06. The first kappa shape index (κ1) is 13.1. The van der Waals surface area contributed by atoms with Crippen molar-refractivity contribution in [1.82, 2.24) is 20.4 Å². The molecule has 1 aliphatic heterocycles. The summed E-state index contributed by atoms with van der Waals surface area (Å²) in [7, 11) is 0. The van der Waals surface area contributed by atoms with E-state index in [1.807, 2.05) is 19.2 Å². The summed E-state index contributed by atoms with van der Waals surface area (Å²) in [6.45, 7) is 4.07. The Morgan fingerprint density at radius 2 is 2.33 bits per heavy atom. The van der Waals surface area contributed by atoms with Crippen molar-refractivity contribution in [2.75, 3.05) is 13.1 Å². The van der Waals surface area contributed by atoms with Crippen molar-refractivity contribution in [3.8, 4) is 11.6 Å². The smallest absolute Gasteiger partial charge is 0.274 e. The highest BCUT2D eigenvalue weighted by atomic mass is 35.5. The maximum absolute atomic E-state index is 5.30. The SMILES string of the molecule is Cc1c[nH]c(-c2nc(C3CCCNC3)no2)c1.Cl. The van der Waals surface area contributed by atoms with Gasteiger partial charge in [-0.25, -0.2) is 0 Å². The maximum atomic E-state index is 5.30. The molecule has 1 fully saturated rings. The van der Waals surface area contributed by atoms with Gasteiger partial charge < -0.3 is 14.8 Å². The molecule has 2 N–H and O–H groups in total. The Kier molecular flexibility index (Phi) is 4.04. The Labute approximate surface area is 112 Å². The molecule has 5 nitrogen and oxygen atoms in total. The summed E-state index contributed by atoms with van der Waals surface area (Å²) in [6, 6.07) is 2.01. The number of hydrogen-bond acceptors (Lipinski definition) is 4. The van der Waals surface area contributed by atoms with E-state index in [4.69, 9.17) is 4.52 Å². The molecule has 3 heterocycles. The molecule has 18 heavy (non-hydrogen) atoms. The molecule has 0 aliphatic carbocycles. The predicted octanol–water partition coefficient (Wildman–Crippen LogP) is 2.26. The minimum atomic E-state index is 0. The van der Waals surface area contributed by atoms with Gasteiger partial charge in [-0.3, -0.25) is 0 Å². The lowest BCUT2D eigenvalue weighted by Crippen LogP contribution is -2.28. The van der Waals surface area contributed by atoms with Gasteiger partial charge in [0.2, 0.25) is 0 Å². The molecule has 0 spiro atoms. The Bertz CT molecular complexity index is 502. The number of piperidine rings is 1. The van der Waals surface area contributed by atoms with Gasteiger partial charge in [-0.05, 0) is 37.9 Å². The molecule has 0 saturated carbocycles. The second kappa shape index (κ2) is 5.54. The Morgan fingerprint density at radius 3 is 3.00 bits per heavy atom. The topological polar surface area (TPSA) is 66.7 Å². The molecular weight excluding hydrogens is 252 g/mol. The summed E-state index contributed by atoms with van der Waals surface area (Å²) >= 11 is 0. The number of H-pyrrole nitrogens is 1. The first-order valence-corrected chi connectivity index (χ1v) is 6.02. The standard InChI is InChI=1S/C12H16N4O.ClH/c1-8-5-10(14-6-8)12-15-11(16-17-12)9-3-2-4-13-7-9;/h5-6,9,13-14H,2-4,7H2,1H3;1H. The van der Waals surface area contributed by atoms with Crippen LogP contribution in [0, 0.1) is 6.92 Å². The molecular formula is C12H17ClN4O. The lowest BCUT2D eigenvalue weighted by molar-refractivity contribution is 0.392. The first-order chi connectivity index (χ1) is 8.33. The van der Waals surface area contributed by atoms with E-state index in [1.165, 1.54) is 12.0 Å². The van der Waals surface area contributed by atoms with Gasteiger partial charge in [0, 0.05) is 18.7 Å². The van der Waals surface area contributed by atoms with E-state index >= 15 is 0 Å². The van der Waals surface area contributed by atoms with Gasteiger partial charge in [0.25, 0.3) is 5.89 Å². The molecule has 1 saturated heterocycles. The third-order valence-corrected chi connectivity index (χ3v) is 3.16. The fourth-order valence-electron chi connectivity index (χ4n) is 2.21. The molecule has 0 amide bonds. The Morgan fingerprint density at radius 1 is 1.44 bits per heavy atom. The monoisotopic (exact) mass is 268 g/mol. The van der Waals surface area contributed by atoms with Crippen molar-refractivity contribution in [3.63, 3.8) is 0 Å². The minimum Gasteiger partial charge on any atom is -0.357 e. The highest BCUT2D eigenvalue weighted by Gasteiger charge is 2.21. The zero-order valence-corrected chi connectivity index (χ0v) is 11.1. The molecule has 0 radical (unpaired) electrons. The number of nitrogens with one attached hydrogen (secondary N) is 2. The van der Waals surface area contributed by atoms with Crippen molar-refractivity contribution < 1.29 is 4.52 Å². The van der Waals surface area contributed by atoms with Crippen LogP contribution in [0.1, 0.15) is 30.1 Å². The third kappa shape index (κ3) is 2.57. The van der Waals surface area contributed by atoms with Crippen molar-refractivity contribution in [2.24, 2.45) is 0 Å². The molecule has 98 valence electrons. The fraction of sp³-hybridized carbons (Fsp3) is 0.500. The van der Waals surface area contributed by atoms with Crippen LogP contribution in [0.25, 0.3) is 11.6 Å².